The topological polar surface area (TPSA) is 73.6 Å². The lowest BCUT2D eigenvalue weighted by atomic mass is 10.2. The molecule has 3 rings (SSSR count). The van der Waals surface area contributed by atoms with E-state index in [4.69, 9.17) is 13.9 Å². The number of aromatic nitrogens is 1. The largest absolute Gasteiger partial charge is 0.494 e. The van der Waals surface area contributed by atoms with E-state index in [0.29, 0.717) is 48.5 Å². The van der Waals surface area contributed by atoms with Crippen LogP contribution in [0.4, 0.5) is 10.1 Å². The minimum atomic E-state index is -0.315. The number of amides is 1. The van der Waals surface area contributed by atoms with Crippen LogP contribution in [-0.4, -0.2) is 24.1 Å². The van der Waals surface area contributed by atoms with Crippen molar-refractivity contribution in [2.24, 2.45) is 0 Å². The van der Waals surface area contributed by atoms with Crippen LogP contribution in [0.1, 0.15) is 26.2 Å². The van der Waals surface area contributed by atoms with Gasteiger partial charge in [-0.1, -0.05) is 0 Å². The fourth-order valence-corrected chi connectivity index (χ4v) is 2.75. The summed E-state index contributed by atoms with van der Waals surface area (Å²) in [7, 11) is 0. The minimum Gasteiger partial charge on any atom is -0.494 e. The third-order valence-corrected chi connectivity index (χ3v) is 4.08. The zero-order valence-electron chi connectivity index (χ0n) is 16.4. The van der Waals surface area contributed by atoms with Gasteiger partial charge >= 0.3 is 0 Å². The Hall–Kier alpha value is -3.35. The molecule has 2 aromatic carbocycles. The fraction of sp³-hybridized carbons (Fsp3) is 0.273. The van der Waals surface area contributed by atoms with Crippen molar-refractivity contribution in [2.75, 3.05) is 18.5 Å². The second-order valence-corrected chi connectivity index (χ2v) is 6.20. The van der Waals surface area contributed by atoms with Gasteiger partial charge in [0.1, 0.15) is 17.3 Å². The van der Waals surface area contributed by atoms with Crippen molar-refractivity contribution in [1.82, 2.24) is 4.98 Å². The summed E-state index contributed by atoms with van der Waals surface area (Å²) in [6, 6.07) is 11.3. The van der Waals surface area contributed by atoms with E-state index >= 15 is 0 Å². The molecule has 0 fully saturated rings. The quantitative estimate of drug-likeness (QED) is 0.558. The van der Waals surface area contributed by atoms with Gasteiger partial charge in [-0.3, -0.25) is 4.79 Å². The number of benzene rings is 2. The molecule has 1 amide bonds. The van der Waals surface area contributed by atoms with Crippen LogP contribution in [-0.2, 0) is 11.2 Å². The molecule has 6 nitrogen and oxygen atoms in total. The van der Waals surface area contributed by atoms with E-state index in [1.165, 1.54) is 12.1 Å². The Kier molecular flexibility index (Phi) is 6.84. The first-order valence-electron chi connectivity index (χ1n) is 9.49. The first-order chi connectivity index (χ1) is 14.1. The van der Waals surface area contributed by atoms with Crippen LogP contribution in [0.2, 0.25) is 0 Å². The molecule has 0 unspecified atom stereocenters. The molecule has 3 aromatic rings. The number of carbonyl (C=O) groups is 1. The number of nitrogens with zero attached hydrogens (tertiary/aromatic N) is 1. The molecule has 0 aliphatic carbocycles. The number of anilines is 1. The molecule has 1 heterocycles. The van der Waals surface area contributed by atoms with Crippen LogP contribution in [0.15, 0.2) is 53.1 Å². The number of halogens is 1. The molecule has 0 spiro atoms. The molecule has 1 N–H and O–H groups in total. The van der Waals surface area contributed by atoms with E-state index in [0.717, 1.165) is 5.56 Å². The number of nitrogens with one attached hydrogen (secondary N) is 1. The van der Waals surface area contributed by atoms with Crippen LogP contribution in [0, 0.1) is 5.82 Å². The number of hydrogen-bond donors (Lipinski definition) is 1. The Morgan fingerprint density at radius 2 is 1.86 bits per heavy atom. The Balaban J connectivity index is 1.61. The van der Waals surface area contributed by atoms with Gasteiger partial charge in [0.25, 0.3) is 0 Å². The van der Waals surface area contributed by atoms with Gasteiger partial charge in [-0.2, -0.15) is 0 Å². The fourth-order valence-electron chi connectivity index (χ4n) is 2.75. The van der Waals surface area contributed by atoms with Crippen molar-refractivity contribution in [1.29, 1.82) is 0 Å². The molecule has 7 heteroatoms. The molecule has 29 heavy (non-hydrogen) atoms. The predicted molar refractivity (Wildman–Crippen MR) is 108 cm³/mol. The Labute approximate surface area is 168 Å². The van der Waals surface area contributed by atoms with Crippen LogP contribution in [0.3, 0.4) is 0 Å². The maximum Gasteiger partial charge on any atom is 0.224 e. The maximum atomic E-state index is 13.0. The first-order valence-corrected chi connectivity index (χ1v) is 9.49. The van der Waals surface area contributed by atoms with Gasteiger partial charge in [-0.05, 0) is 50.2 Å². The molecular formula is C22H23FN2O4. The summed E-state index contributed by atoms with van der Waals surface area (Å²) in [5, 5.41) is 2.85. The monoisotopic (exact) mass is 398 g/mol. The summed E-state index contributed by atoms with van der Waals surface area (Å²) in [5.74, 6) is 1.70. The maximum absolute atomic E-state index is 13.0. The van der Waals surface area contributed by atoms with Gasteiger partial charge in [0.2, 0.25) is 5.91 Å². The van der Waals surface area contributed by atoms with Crippen molar-refractivity contribution in [3.8, 4) is 22.8 Å². The average Bonchev–Trinajstić information content (AvgIpc) is 3.18. The van der Waals surface area contributed by atoms with Gasteiger partial charge in [0.15, 0.2) is 11.7 Å². The van der Waals surface area contributed by atoms with Gasteiger partial charge in [-0.25, -0.2) is 9.37 Å². The summed E-state index contributed by atoms with van der Waals surface area (Å²) in [4.78, 5) is 16.6. The molecule has 0 aliphatic heterocycles. The van der Waals surface area contributed by atoms with Crippen LogP contribution < -0.4 is 14.8 Å². The lowest BCUT2D eigenvalue weighted by Crippen LogP contribution is -2.13. The molecule has 0 aliphatic rings. The van der Waals surface area contributed by atoms with Crippen LogP contribution in [0.5, 0.6) is 11.5 Å². The number of oxazole rings is 1. The number of aryl methyl sites for hydroxylation is 1. The molecule has 1 aromatic heterocycles. The Morgan fingerprint density at radius 1 is 1.10 bits per heavy atom. The lowest BCUT2D eigenvalue weighted by molar-refractivity contribution is -0.116. The average molecular weight is 398 g/mol. The summed E-state index contributed by atoms with van der Waals surface area (Å²) in [6.45, 7) is 4.79. The molecule has 0 bridgehead atoms. The SMILES string of the molecule is CCOc1ccc(OCC)c(NC(=O)CCc2ncc(-c3ccc(F)cc3)o2)c1. The first kappa shape index (κ1) is 20.4. The van der Waals surface area contributed by atoms with Gasteiger partial charge in [0.05, 0.1) is 25.1 Å². The molecular weight excluding hydrogens is 375 g/mol. The zero-order chi connectivity index (χ0) is 20.6. The van der Waals surface area contributed by atoms with Gasteiger partial charge in [-0.15, -0.1) is 0 Å². The third kappa shape index (κ3) is 5.57. The highest BCUT2D eigenvalue weighted by atomic mass is 19.1. The summed E-state index contributed by atoms with van der Waals surface area (Å²) in [6.07, 6.45) is 2.09. The second-order valence-electron chi connectivity index (χ2n) is 6.20. The number of rotatable bonds is 9. The van der Waals surface area contributed by atoms with Crippen LogP contribution >= 0.6 is 0 Å². The van der Waals surface area contributed by atoms with E-state index in [2.05, 4.69) is 10.3 Å². The van der Waals surface area contributed by atoms with E-state index in [9.17, 15) is 9.18 Å². The van der Waals surface area contributed by atoms with Crippen molar-refractivity contribution in [3.63, 3.8) is 0 Å². The van der Waals surface area contributed by atoms with Crippen molar-refractivity contribution in [3.05, 3.63) is 60.4 Å². The normalized spacial score (nSPS) is 10.6. The third-order valence-electron chi connectivity index (χ3n) is 4.08. The number of carbonyl (C=O) groups excluding carboxylic acids is 1. The van der Waals surface area contributed by atoms with Crippen molar-refractivity contribution >= 4 is 11.6 Å². The predicted octanol–water partition coefficient (Wildman–Crippen LogP) is 4.85. The number of ether oxygens (including phenoxy) is 2. The number of hydrogen-bond acceptors (Lipinski definition) is 5. The zero-order valence-corrected chi connectivity index (χ0v) is 16.4. The van der Waals surface area contributed by atoms with Gasteiger partial charge in [0, 0.05) is 24.5 Å². The smallest absolute Gasteiger partial charge is 0.224 e. The second kappa shape index (κ2) is 9.73. The van der Waals surface area contributed by atoms with E-state index in [1.807, 2.05) is 13.8 Å². The standard InChI is InChI=1S/C22H23FN2O4/c1-3-27-17-9-10-19(28-4-2)18(13-17)25-21(26)11-12-22-24-14-20(29-22)15-5-7-16(23)8-6-15/h5-10,13-14H,3-4,11-12H2,1-2H3,(H,25,26). The highest BCUT2D eigenvalue weighted by Gasteiger charge is 2.12. The summed E-state index contributed by atoms with van der Waals surface area (Å²) in [5.41, 5.74) is 1.28. The molecule has 0 atom stereocenters. The Bertz CT molecular complexity index is 954. The van der Waals surface area contributed by atoms with E-state index < -0.39 is 0 Å². The van der Waals surface area contributed by atoms with E-state index in [-0.39, 0.29) is 18.1 Å². The molecule has 0 radical (unpaired) electrons. The molecule has 0 saturated carbocycles. The van der Waals surface area contributed by atoms with Crippen molar-refractivity contribution in [2.45, 2.75) is 26.7 Å². The molecule has 0 saturated heterocycles. The van der Waals surface area contributed by atoms with E-state index in [1.54, 1.807) is 36.5 Å². The summed E-state index contributed by atoms with van der Waals surface area (Å²) < 4.78 is 29.8. The minimum absolute atomic E-state index is 0.188. The highest BCUT2D eigenvalue weighted by molar-refractivity contribution is 5.92. The summed E-state index contributed by atoms with van der Waals surface area (Å²) >= 11 is 0. The highest BCUT2D eigenvalue weighted by Crippen LogP contribution is 2.30. The molecule has 152 valence electrons. The van der Waals surface area contributed by atoms with Gasteiger partial charge < -0.3 is 19.2 Å². The van der Waals surface area contributed by atoms with Crippen molar-refractivity contribution < 1.29 is 23.1 Å². The Morgan fingerprint density at radius 3 is 2.59 bits per heavy atom. The lowest BCUT2D eigenvalue weighted by Gasteiger charge is -2.13. The van der Waals surface area contributed by atoms with Crippen LogP contribution in [0.25, 0.3) is 11.3 Å².